The average Bonchev–Trinajstić information content (AvgIpc) is 3.41. The molecule has 0 rings (SSSR count). The Labute approximate surface area is 489 Å². The number of esters is 1. The van der Waals surface area contributed by atoms with Gasteiger partial charge >= 0.3 is 5.97 Å². The molecule has 0 saturated heterocycles. The molecule has 10 heteroatoms. The molecule has 0 aliphatic heterocycles. The molecular weight excluding hydrogens is 1000 g/mol. The number of nitrogens with zero attached hydrogens (tertiary/aromatic N) is 1. The third kappa shape index (κ3) is 59.9. The minimum absolute atomic E-state index is 0.0338. The van der Waals surface area contributed by atoms with Crippen molar-refractivity contribution in [3.63, 3.8) is 0 Å². The highest BCUT2D eigenvalue weighted by Crippen LogP contribution is 2.38. The van der Waals surface area contributed by atoms with E-state index in [1.54, 1.807) is 0 Å². The van der Waals surface area contributed by atoms with Crippen molar-refractivity contribution in [3.05, 3.63) is 72.9 Å². The fourth-order valence-corrected chi connectivity index (χ4v) is 10.3. The summed E-state index contributed by atoms with van der Waals surface area (Å²) in [5.41, 5.74) is 0. The van der Waals surface area contributed by atoms with Crippen LogP contribution in [0.1, 0.15) is 303 Å². The minimum atomic E-state index is -4.72. The lowest BCUT2D eigenvalue weighted by Gasteiger charge is -2.30. The first-order chi connectivity index (χ1) is 38.4. The molecule has 3 unspecified atom stereocenters. The Morgan fingerprint density at radius 3 is 1.23 bits per heavy atom. The second-order valence-corrected chi connectivity index (χ2v) is 25.0. The summed E-state index contributed by atoms with van der Waals surface area (Å²) in [6.07, 6.45) is 76.1. The molecule has 0 saturated carbocycles. The topological polar surface area (TPSA) is 114 Å². The quantitative estimate of drug-likeness (QED) is 0.0212. The van der Waals surface area contributed by atoms with E-state index in [4.69, 9.17) is 13.8 Å². The summed E-state index contributed by atoms with van der Waals surface area (Å²) in [6, 6.07) is -0.919. The zero-order valence-corrected chi connectivity index (χ0v) is 53.5. The van der Waals surface area contributed by atoms with Crippen LogP contribution < -0.4 is 10.2 Å². The maximum Gasteiger partial charge on any atom is 0.306 e. The first-order valence-electron chi connectivity index (χ1n) is 33.2. The summed E-state index contributed by atoms with van der Waals surface area (Å²) in [5.74, 6) is -0.600. The van der Waals surface area contributed by atoms with Crippen molar-refractivity contribution in [1.82, 2.24) is 5.32 Å². The largest absolute Gasteiger partial charge is 0.756 e. The second kappa shape index (κ2) is 58.6. The van der Waals surface area contributed by atoms with Gasteiger partial charge in [0.2, 0.25) is 5.91 Å². The number of nitrogens with one attached hydrogen (secondary N) is 1. The van der Waals surface area contributed by atoms with Crippen LogP contribution >= 0.6 is 7.82 Å². The van der Waals surface area contributed by atoms with Gasteiger partial charge in [0.15, 0.2) is 0 Å². The standard InChI is InChI=1S/C69H127N2O7P/c1-7-10-13-16-19-22-25-28-30-32-33-34-35-36-37-39-41-44-47-50-53-56-59-62-69(73)78-67(60-57-54-51-48-45-42-27-24-21-18-15-12-9-3)66(65-77-79(74,75)76-64-63-71(4,5)6)70-68(72)61-58-55-52-49-46-43-40-38-31-29-26-23-20-17-14-11-8-2/h11,14,20,23,29,31,40,43,49,52,57,60,66-67H,7-10,12-13,15-19,21-22,24-28,30,32-39,41-42,44-48,50-51,53-56,58-59,61-65H2,1-6H3,(H-,70,72,74,75)/b14-11-,23-20-,31-29-,43-40-,52-49-,60-57-. The molecule has 0 aromatic rings. The summed E-state index contributed by atoms with van der Waals surface area (Å²) < 4.78 is 30.3. The molecule has 1 N–H and O–H groups in total. The van der Waals surface area contributed by atoms with Crippen molar-refractivity contribution < 1.29 is 37.3 Å². The van der Waals surface area contributed by atoms with Crippen LogP contribution in [0.25, 0.3) is 0 Å². The van der Waals surface area contributed by atoms with Gasteiger partial charge in [0, 0.05) is 12.8 Å². The highest BCUT2D eigenvalue weighted by Gasteiger charge is 2.27. The number of unbranched alkanes of at least 4 members (excludes halogenated alkanes) is 34. The van der Waals surface area contributed by atoms with Gasteiger partial charge in [0.1, 0.15) is 19.3 Å². The maximum absolute atomic E-state index is 13.5. The van der Waals surface area contributed by atoms with Crippen molar-refractivity contribution in [2.75, 3.05) is 40.9 Å². The van der Waals surface area contributed by atoms with Gasteiger partial charge in [-0.05, 0) is 70.3 Å². The normalized spacial score (nSPS) is 14.1. The minimum Gasteiger partial charge on any atom is -0.756 e. The molecule has 0 fully saturated rings. The van der Waals surface area contributed by atoms with Gasteiger partial charge in [-0.25, -0.2) is 0 Å². The maximum atomic E-state index is 13.5. The summed E-state index contributed by atoms with van der Waals surface area (Å²) >= 11 is 0. The van der Waals surface area contributed by atoms with Crippen LogP contribution in [0.3, 0.4) is 0 Å². The fourth-order valence-electron chi connectivity index (χ4n) is 9.56. The molecule has 1 amide bonds. The first-order valence-corrected chi connectivity index (χ1v) is 34.7. The van der Waals surface area contributed by atoms with E-state index in [2.05, 4.69) is 86.8 Å². The molecule has 0 aromatic carbocycles. The Balaban J connectivity index is 5.22. The second-order valence-electron chi connectivity index (χ2n) is 23.6. The van der Waals surface area contributed by atoms with Crippen LogP contribution in [-0.2, 0) is 27.9 Å². The lowest BCUT2D eigenvalue weighted by molar-refractivity contribution is -0.870. The van der Waals surface area contributed by atoms with Gasteiger partial charge in [-0.15, -0.1) is 0 Å². The van der Waals surface area contributed by atoms with E-state index in [1.165, 1.54) is 186 Å². The van der Waals surface area contributed by atoms with Crippen LogP contribution in [-0.4, -0.2) is 69.4 Å². The van der Waals surface area contributed by atoms with Gasteiger partial charge < -0.3 is 28.5 Å². The molecule has 0 spiro atoms. The Morgan fingerprint density at radius 1 is 0.456 bits per heavy atom. The predicted octanol–water partition coefficient (Wildman–Crippen LogP) is 20.2. The lowest BCUT2D eigenvalue weighted by atomic mass is 10.0. The smallest absolute Gasteiger partial charge is 0.306 e. The molecule has 0 aliphatic carbocycles. The third-order valence-corrected chi connectivity index (χ3v) is 15.6. The van der Waals surface area contributed by atoms with Gasteiger partial charge in [0.05, 0.1) is 33.8 Å². The van der Waals surface area contributed by atoms with Crippen molar-refractivity contribution >= 4 is 19.7 Å². The average molecular weight is 1130 g/mol. The Morgan fingerprint density at radius 2 is 0.823 bits per heavy atom. The van der Waals surface area contributed by atoms with Crippen molar-refractivity contribution in [2.45, 2.75) is 315 Å². The number of carbonyl (C=O) groups is 2. The number of allylic oxidation sites excluding steroid dienone is 11. The SMILES string of the molecule is CC/C=C\C/C=C\C/C=C\C/C=C\C/C=C\CCCC(=O)NC(COP(=O)([O-])OCC[N+](C)(C)C)C(/C=C\CCCCCCCCCCCCC)OC(=O)CCCCCCCCCCCCCCCCCCCCCCCCC. The molecule has 0 bridgehead atoms. The van der Waals surface area contributed by atoms with Gasteiger partial charge in [0.25, 0.3) is 7.82 Å². The number of hydrogen-bond donors (Lipinski definition) is 1. The molecule has 9 nitrogen and oxygen atoms in total. The van der Waals surface area contributed by atoms with E-state index in [0.717, 1.165) is 77.0 Å². The Bertz CT molecular complexity index is 1580. The summed E-state index contributed by atoms with van der Waals surface area (Å²) in [7, 11) is 1.15. The number of quaternary nitrogens is 1. The van der Waals surface area contributed by atoms with E-state index in [9.17, 15) is 19.0 Å². The third-order valence-electron chi connectivity index (χ3n) is 14.7. The Hall–Kier alpha value is -2.55. The van der Waals surface area contributed by atoms with E-state index >= 15 is 0 Å². The predicted molar refractivity (Wildman–Crippen MR) is 339 cm³/mol. The zero-order valence-electron chi connectivity index (χ0n) is 52.6. The number of ether oxygens (including phenoxy) is 1. The number of likely N-dealkylation sites (N-methyl/N-ethyl adjacent to an activating group) is 1. The van der Waals surface area contributed by atoms with Crippen molar-refractivity contribution in [1.29, 1.82) is 0 Å². The van der Waals surface area contributed by atoms with Crippen LogP contribution in [0.5, 0.6) is 0 Å². The monoisotopic (exact) mass is 1130 g/mol. The molecule has 0 radical (unpaired) electrons. The van der Waals surface area contributed by atoms with Crippen LogP contribution in [0.15, 0.2) is 72.9 Å². The molecule has 460 valence electrons. The van der Waals surface area contributed by atoms with Gasteiger partial charge in [-0.3, -0.25) is 14.2 Å². The molecule has 79 heavy (non-hydrogen) atoms. The molecular formula is C69H127N2O7P. The number of rotatable bonds is 60. The molecule has 0 aromatic heterocycles. The molecule has 3 atom stereocenters. The van der Waals surface area contributed by atoms with E-state index in [-0.39, 0.29) is 31.3 Å². The van der Waals surface area contributed by atoms with Crippen molar-refractivity contribution in [3.8, 4) is 0 Å². The Kier molecular flexibility index (Phi) is 56.7. The summed E-state index contributed by atoms with van der Waals surface area (Å²) in [5, 5.41) is 3.00. The molecule has 0 aliphatic rings. The van der Waals surface area contributed by atoms with Crippen LogP contribution in [0, 0.1) is 0 Å². The van der Waals surface area contributed by atoms with E-state index in [1.807, 2.05) is 33.3 Å². The van der Waals surface area contributed by atoms with Crippen LogP contribution in [0.2, 0.25) is 0 Å². The summed E-state index contributed by atoms with van der Waals surface area (Å²) in [4.78, 5) is 40.0. The van der Waals surface area contributed by atoms with Gasteiger partial charge in [-0.2, -0.15) is 0 Å². The highest BCUT2D eigenvalue weighted by molar-refractivity contribution is 7.45. The number of phosphoric acid groups is 1. The number of hydrogen-bond acceptors (Lipinski definition) is 7. The fraction of sp³-hybridized carbons (Fsp3) is 0.797. The summed E-state index contributed by atoms with van der Waals surface area (Å²) in [6.45, 7) is 6.72. The lowest BCUT2D eigenvalue weighted by Crippen LogP contribution is -2.47. The molecule has 0 heterocycles. The highest BCUT2D eigenvalue weighted by atomic mass is 31.2. The van der Waals surface area contributed by atoms with E-state index in [0.29, 0.717) is 17.4 Å². The number of amides is 1. The zero-order chi connectivity index (χ0) is 57.9. The van der Waals surface area contributed by atoms with Crippen molar-refractivity contribution in [2.24, 2.45) is 0 Å². The van der Waals surface area contributed by atoms with Crippen LogP contribution in [0.4, 0.5) is 0 Å². The number of phosphoric ester groups is 1. The number of carbonyl (C=O) groups excluding carboxylic acids is 2. The van der Waals surface area contributed by atoms with E-state index < -0.39 is 26.6 Å². The van der Waals surface area contributed by atoms with Gasteiger partial charge in [-0.1, -0.05) is 293 Å². The first kappa shape index (κ1) is 76.5.